The minimum absolute atomic E-state index is 0.524. The number of hydrogen-bond donors (Lipinski definition) is 0. The maximum absolute atomic E-state index is 7.05. The van der Waals surface area contributed by atoms with E-state index in [0.717, 1.165) is 54.6 Å². The van der Waals surface area contributed by atoms with Crippen LogP contribution in [0.1, 0.15) is 117 Å². The van der Waals surface area contributed by atoms with Crippen molar-refractivity contribution < 1.29 is 9.47 Å². The van der Waals surface area contributed by atoms with Gasteiger partial charge in [0.1, 0.15) is 0 Å². The first-order valence-corrected chi connectivity index (χ1v) is 15.0. The molecule has 1 heterocycles. The second kappa shape index (κ2) is 11.1. The Bertz CT molecular complexity index is 527. The predicted molar refractivity (Wildman–Crippen MR) is 133 cm³/mol. The molecule has 0 radical (unpaired) electrons. The van der Waals surface area contributed by atoms with Crippen LogP contribution in [-0.2, 0) is 9.47 Å². The summed E-state index contributed by atoms with van der Waals surface area (Å²) in [5, 5.41) is 0. The molecule has 2 nitrogen and oxygen atoms in total. The summed E-state index contributed by atoms with van der Waals surface area (Å²) in [5.41, 5.74) is 0. The molecule has 0 bridgehead atoms. The van der Waals surface area contributed by atoms with Crippen molar-refractivity contribution in [1.82, 2.24) is 0 Å². The van der Waals surface area contributed by atoms with Gasteiger partial charge in [0.2, 0.25) is 0 Å². The molecule has 0 aromatic rings. The lowest BCUT2D eigenvalue weighted by Crippen LogP contribution is -2.53. The Morgan fingerprint density at radius 3 is 1.53 bits per heavy atom. The van der Waals surface area contributed by atoms with Crippen LogP contribution in [0.2, 0.25) is 0 Å². The zero-order valence-electron chi connectivity index (χ0n) is 21.3. The Hall–Kier alpha value is -0.0800. The van der Waals surface area contributed by atoms with Crippen LogP contribution < -0.4 is 0 Å². The first kappa shape index (κ1) is 23.7. The summed E-state index contributed by atoms with van der Waals surface area (Å²) >= 11 is 0. The third kappa shape index (κ3) is 4.84. The lowest BCUT2D eigenvalue weighted by molar-refractivity contribution is -0.140. The van der Waals surface area contributed by atoms with Crippen molar-refractivity contribution in [1.29, 1.82) is 0 Å². The van der Waals surface area contributed by atoms with E-state index in [1.54, 1.807) is 0 Å². The average molecular weight is 445 g/mol. The highest BCUT2D eigenvalue weighted by Gasteiger charge is 2.53. The number of hydrogen-bond acceptors (Lipinski definition) is 2. The van der Waals surface area contributed by atoms with E-state index in [1.807, 2.05) is 0 Å². The predicted octanol–water partition coefficient (Wildman–Crippen LogP) is 8.04. The fraction of sp³-hybridized carbons (Fsp3) is 1.00. The number of fused-ring (bicyclic) bond motifs is 7. The molecule has 0 aromatic heterocycles. The Balaban J connectivity index is 1.44. The summed E-state index contributed by atoms with van der Waals surface area (Å²) < 4.78 is 14.1. The topological polar surface area (TPSA) is 18.5 Å². The molecule has 1 aliphatic heterocycles. The highest BCUT2D eigenvalue weighted by Crippen LogP contribution is 2.56. The zero-order chi connectivity index (χ0) is 21.9. The van der Waals surface area contributed by atoms with E-state index in [9.17, 15) is 0 Å². The van der Waals surface area contributed by atoms with Crippen LogP contribution >= 0.6 is 0 Å². The molecule has 8 unspecified atom stereocenters. The normalized spacial score (nSPS) is 44.9. The molecule has 32 heavy (non-hydrogen) atoms. The molecule has 5 fully saturated rings. The fourth-order valence-corrected chi connectivity index (χ4v) is 9.52. The second-order valence-electron chi connectivity index (χ2n) is 12.6. The maximum atomic E-state index is 7.05. The molecule has 5 rings (SSSR count). The Morgan fingerprint density at radius 2 is 1.06 bits per heavy atom. The van der Waals surface area contributed by atoms with Crippen molar-refractivity contribution in [3.8, 4) is 0 Å². The van der Waals surface area contributed by atoms with Gasteiger partial charge >= 0.3 is 0 Å². The summed E-state index contributed by atoms with van der Waals surface area (Å²) in [6.45, 7) is 6.66. The third-order valence-electron chi connectivity index (χ3n) is 10.9. The van der Waals surface area contributed by atoms with Crippen molar-refractivity contribution in [2.24, 2.45) is 47.3 Å². The van der Waals surface area contributed by atoms with Crippen molar-refractivity contribution in [2.75, 3.05) is 13.2 Å². The molecule has 4 aliphatic carbocycles. The molecule has 8 atom stereocenters. The molecular formula is C30H52O2. The van der Waals surface area contributed by atoms with Crippen LogP contribution in [0.15, 0.2) is 0 Å². The molecular weight excluding hydrogens is 392 g/mol. The summed E-state index contributed by atoms with van der Waals surface area (Å²) in [5.74, 6) is 6.82. The van der Waals surface area contributed by atoms with Crippen LogP contribution in [0.5, 0.6) is 0 Å². The van der Waals surface area contributed by atoms with Gasteiger partial charge in [-0.3, -0.25) is 0 Å². The lowest BCUT2D eigenvalue weighted by atomic mass is 9.53. The van der Waals surface area contributed by atoms with E-state index < -0.39 is 0 Å². The van der Waals surface area contributed by atoms with Crippen molar-refractivity contribution >= 4 is 0 Å². The quantitative estimate of drug-likeness (QED) is 0.427. The van der Waals surface area contributed by atoms with Crippen LogP contribution in [0.25, 0.3) is 0 Å². The van der Waals surface area contributed by atoms with Crippen LogP contribution in [0.4, 0.5) is 0 Å². The largest absolute Gasteiger partial charge is 0.378 e. The molecule has 1 saturated heterocycles. The summed E-state index contributed by atoms with van der Waals surface area (Å²) in [6, 6.07) is 0. The van der Waals surface area contributed by atoms with Crippen LogP contribution in [0.3, 0.4) is 0 Å². The van der Waals surface area contributed by atoms with Gasteiger partial charge in [-0.2, -0.15) is 0 Å². The molecule has 0 N–H and O–H groups in total. The molecule has 0 amide bonds. The Labute approximate surface area is 199 Å². The van der Waals surface area contributed by atoms with E-state index in [1.165, 1.54) is 103 Å². The molecule has 5 aliphatic rings. The average Bonchev–Trinajstić information content (AvgIpc) is 2.91. The van der Waals surface area contributed by atoms with E-state index >= 15 is 0 Å². The summed E-state index contributed by atoms with van der Waals surface area (Å²) in [6.07, 6.45) is 23.8. The number of ether oxygens (including phenoxy) is 2. The van der Waals surface area contributed by atoms with Gasteiger partial charge in [0.15, 0.2) is 0 Å². The standard InChI is InChI=1S/C30H52O2/c1-3-9-21(10-4-2)24-19-31-27-17-15-22-11-5-7-13-25(22)29(27)30-26-14-8-6-12-23(26)16-18-28(30)32-20-24/h21-30H,3-20H2,1-2H3. The van der Waals surface area contributed by atoms with Gasteiger partial charge in [-0.25, -0.2) is 0 Å². The Kier molecular flexibility index (Phi) is 8.21. The van der Waals surface area contributed by atoms with Gasteiger partial charge < -0.3 is 9.47 Å². The molecule has 2 heteroatoms. The van der Waals surface area contributed by atoms with E-state index in [4.69, 9.17) is 9.47 Å². The molecule has 4 saturated carbocycles. The SMILES string of the molecule is CCCC(CCC)C1COC2CCC3CCCCC3C2C2C(CCC3CCCCC32)OC1. The van der Waals surface area contributed by atoms with Gasteiger partial charge in [-0.05, 0) is 80.0 Å². The Morgan fingerprint density at radius 1 is 0.594 bits per heavy atom. The van der Waals surface area contributed by atoms with E-state index in [0.29, 0.717) is 18.1 Å². The van der Waals surface area contributed by atoms with Gasteiger partial charge in [0.05, 0.1) is 25.4 Å². The minimum Gasteiger partial charge on any atom is -0.378 e. The van der Waals surface area contributed by atoms with Crippen molar-refractivity contribution in [3.63, 3.8) is 0 Å². The van der Waals surface area contributed by atoms with Gasteiger partial charge in [0.25, 0.3) is 0 Å². The number of rotatable bonds is 5. The van der Waals surface area contributed by atoms with Crippen molar-refractivity contribution in [3.05, 3.63) is 0 Å². The van der Waals surface area contributed by atoms with E-state index in [2.05, 4.69) is 13.8 Å². The van der Waals surface area contributed by atoms with Crippen LogP contribution in [-0.4, -0.2) is 25.4 Å². The maximum Gasteiger partial charge on any atom is 0.0610 e. The minimum atomic E-state index is 0.524. The lowest BCUT2D eigenvalue weighted by Gasteiger charge is -2.55. The monoisotopic (exact) mass is 444 g/mol. The highest BCUT2D eigenvalue weighted by molar-refractivity contribution is 5.01. The summed E-state index contributed by atoms with van der Waals surface area (Å²) in [7, 11) is 0. The summed E-state index contributed by atoms with van der Waals surface area (Å²) in [4.78, 5) is 0. The van der Waals surface area contributed by atoms with Gasteiger partial charge in [-0.15, -0.1) is 0 Å². The van der Waals surface area contributed by atoms with Gasteiger partial charge in [-0.1, -0.05) is 78.1 Å². The molecule has 184 valence electrons. The van der Waals surface area contributed by atoms with Gasteiger partial charge in [0, 0.05) is 5.92 Å². The zero-order valence-corrected chi connectivity index (χ0v) is 21.3. The van der Waals surface area contributed by atoms with Crippen molar-refractivity contribution in [2.45, 2.75) is 129 Å². The molecule has 0 spiro atoms. The first-order chi connectivity index (χ1) is 15.8. The highest BCUT2D eigenvalue weighted by atomic mass is 16.5. The first-order valence-electron chi connectivity index (χ1n) is 15.0. The smallest absolute Gasteiger partial charge is 0.0610 e. The fourth-order valence-electron chi connectivity index (χ4n) is 9.52. The van der Waals surface area contributed by atoms with Crippen LogP contribution in [0, 0.1) is 47.3 Å². The second-order valence-corrected chi connectivity index (χ2v) is 12.6. The van der Waals surface area contributed by atoms with E-state index in [-0.39, 0.29) is 0 Å². The third-order valence-corrected chi connectivity index (χ3v) is 10.9. The molecule has 0 aromatic carbocycles.